The van der Waals surface area contributed by atoms with Crippen molar-refractivity contribution in [2.75, 3.05) is 14.2 Å². The van der Waals surface area contributed by atoms with Gasteiger partial charge in [0.1, 0.15) is 5.75 Å². The maximum absolute atomic E-state index is 11.3. The standard InChI is InChI=1S/C11H14O3/c1-7-8(2)10(13-3)6-5-9(7)11(12)14-4/h5-6H,1-4H3. The molecule has 0 N–H and O–H groups in total. The molecule has 0 bridgehead atoms. The van der Waals surface area contributed by atoms with Crippen LogP contribution in [0.4, 0.5) is 0 Å². The molecule has 76 valence electrons. The van der Waals surface area contributed by atoms with Crippen LogP contribution in [0, 0.1) is 13.8 Å². The van der Waals surface area contributed by atoms with Crippen molar-refractivity contribution in [3.63, 3.8) is 0 Å². The van der Waals surface area contributed by atoms with E-state index in [1.54, 1.807) is 19.2 Å². The molecule has 3 nitrogen and oxygen atoms in total. The molecule has 1 aromatic carbocycles. The van der Waals surface area contributed by atoms with Crippen molar-refractivity contribution in [3.8, 4) is 5.75 Å². The Morgan fingerprint density at radius 1 is 1.14 bits per heavy atom. The molecule has 0 saturated carbocycles. The predicted molar refractivity (Wildman–Crippen MR) is 53.8 cm³/mol. The molecular weight excluding hydrogens is 180 g/mol. The zero-order valence-electron chi connectivity index (χ0n) is 8.88. The van der Waals surface area contributed by atoms with E-state index in [0.717, 1.165) is 16.9 Å². The molecule has 0 radical (unpaired) electrons. The van der Waals surface area contributed by atoms with Gasteiger partial charge in [0.25, 0.3) is 0 Å². The molecule has 0 unspecified atom stereocenters. The Labute approximate surface area is 83.6 Å². The van der Waals surface area contributed by atoms with Crippen molar-refractivity contribution in [1.82, 2.24) is 0 Å². The molecule has 0 spiro atoms. The molecule has 0 aliphatic heterocycles. The molecule has 1 aromatic rings. The molecule has 0 aromatic heterocycles. The third-order valence-electron chi connectivity index (χ3n) is 2.36. The minimum Gasteiger partial charge on any atom is -0.496 e. The molecule has 0 saturated heterocycles. The first-order chi connectivity index (χ1) is 6.61. The Bertz CT molecular complexity index is 356. The summed E-state index contributed by atoms with van der Waals surface area (Å²) in [7, 11) is 2.99. The van der Waals surface area contributed by atoms with Crippen LogP contribution >= 0.6 is 0 Å². The molecule has 0 aliphatic carbocycles. The summed E-state index contributed by atoms with van der Waals surface area (Å²) < 4.78 is 9.81. The normalized spacial score (nSPS) is 9.71. The Hall–Kier alpha value is -1.51. The number of hydrogen-bond donors (Lipinski definition) is 0. The summed E-state index contributed by atoms with van der Waals surface area (Å²) in [5.41, 5.74) is 2.46. The van der Waals surface area contributed by atoms with E-state index in [4.69, 9.17) is 4.74 Å². The van der Waals surface area contributed by atoms with Gasteiger partial charge >= 0.3 is 5.97 Å². The number of rotatable bonds is 2. The van der Waals surface area contributed by atoms with Crippen LogP contribution in [0.15, 0.2) is 12.1 Å². The van der Waals surface area contributed by atoms with E-state index in [0.29, 0.717) is 5.56 Å². The van der Waals surface area contributed by atoms with E-state index in [1.807, 2.05) is 13.8 Å². The minimum absolute atomic E-state index is 0.312. The number of hydrogen-bond acceptors (Lipinski definition) is 3. The van der Waals surface area contributed by atoms with Crippen LogP contribution in [-0.2, 0) is 4.74 Å². The van der Waals surface area contributed by atoms with Gasteiger partial charge in [-0.2, -0.15) is 0 Å². The third-order valence-corrected chi connectivity index (χ3v) is 2.36. The van der Waals surface area contributed by atoms with Gasteiger partial charge in [-0.15, -0.1) is 0 Å². The Balaban J connectivity index is 3.24. The van der Waals surface area contributed by atoms with Crippen LogP contribution in [0.2, 0.25) is 0 Å². The fourth-order valence-corrected chi connectivity index (χ4v) is 1.35. The van der Waals surface area contributed by atoms with Crippen LogP contribution in [0.5, 0.6) is 5.75 Å². The van der Waals surface area contributed by atoms with E-state index in [-0.39, 0.29) is 5.97 Å². The van der Waals surface area contributed by atoms with Gasteiger partial charge in [-0.05, 0) is 37.1 Å². The van der Waals surface area contributed by atoms with Gasteiger partial charge in [0, 0.05) is 0 Å². The maximum Gasteiger partial charge on any atom is 0.338 e. The Kier molecular flexibility index (Phi) is 3.12. The summed E-state index contributed by atoms with van der Waals surface area (Å²) in [5.74, 6) is 0.475. The van der Waals surface area contributed by atoms with Crippen molar-refractivity contribution in [2.24, 2.45) is 0 Å². The van der Waals surface area contributed by atoms with Gasteiger partial charge in [-0.3, -0.25) is 0 Å². The van der Waals surface area contributed by atoms with Crippen LogP contribution in [0.25, 0.3) is 0 Å². The van der Waals surface area contributed by atoms with E-state index < -0.39 is 0 Å². The molecule has 14 heavy (non-hydrogen) atoms. The highest BCUT2D eigenvalue weighted by Crippen LogP contribution is 2.24. The van der Waals surface area contributed by atoms with E-state index in [2.05, 4.69) is 4.74 Å². The number of methoxy groups -OCH3 is 2. The van der Waals surface area contributed by atoms with Gasteiger partial charge in [0.05, 0.1) is 19.8 Å². The van der Waals surface area contributed by atoms with Crippen molar-refractivity contribution < 1.29 is 14.3 Å². The summed E-state index contributed by atoms with van der Waals surface area (Å²) in [6, 6.07) is 3.49. The Morgan fingerprint density at radius 3 is 2.29 bits per heavy atom. The summed E-state index contributed by atoms with van der Waals surface area (Å²) in [4.78, 5) is 11.3. The Morgan fingerprint density at radius 2 is 1.79 bits per heavy atom. The van der Waals surface area contributed by atoms with Gasteiger partial charge in [0.2, 0.25) is 0 Å². The molecule has 0 fully saturated rings. The molecule has 1 rings (SSSR count). The first-order valence-electron chi connectivity index (χ1n) is 4.34. The zero-order valence-corrected chi connectivity index (χ0v) is 8.88. The lowest BCUT2D eigenvalue weighted by molar-refractivity contribution is 0.0600. The van der Waals surface area contributed by atoms with Gasteiger partial charge in [-0.1, -0.05) is 0 Å². The summed E-state index contributed by atoms with van der Waals surface area (Å²) >= 11 is 0. The first-order valence-corrected chi connectivity index (χ1v) is 4.34. The van der Waals surface area contributed by atoms with Crippen LogP contribution < -0.4 is 4.74 Å². The van der Waals surface area contributed by atoms with Crippen LogP contribution in [-0.4, -0.2) is 20.2 Å². The second-order valence-electron chi connectivity index (χ2n) is 3.06. The molecule has 0 heterocycles. The van der Waals surface area contributed by atoms with Crippen LogP contribution in [0.3, 0.4) is 0 Å². The fourth-order valence-electron chi connectivity index (χ4n) is 1.35. The van der Waals surface area contributed by atoms with Gasteiger partial charge < -0.3 is 9.47 Å². The predicted octanol–water partition coefficient (Wildman–Crippen LogP) is 2.10. The maximum atomic E-state index is 11.3. The number of carbonyl (C=O) groups is 1. The molecule has 3 heteroatoms. The fraction of sp³-hybridized carbons (Fsp3) is 0.364. The second-order valence-corrected chi connectivity index (χ2v) is 3.06. The van der Waals surface area contributed by atoms with Crippen molar-refractivity contribution >= 4 is 5.97 Å². The van der Waals surface area contributed by atoms with Gasteiger partial charge in [-0.25, -0.2) is 4.79 Å². The summed E-state index contributed by atoms with van der Waals surface area (Å²) in [6.07, 6.45) is 0. The molecule has 0 amide bonds. The van der Waals surface area contributed by atoms with Crippen molar-refractivity contribution in [1.29, 1.82) is 0 Å². The van der Waals surface area contributed by atoms with Crippen molar-refractivity contribution in [2.45, 2.75) is 13.8 Å². The minimum atomic E-state index is -0.312. The van der Waals surface area contributed by atoms with E-state index >= 15 is 0 Å². The highest BCUT2D eigenvalue weighted by Gasteiger charge is 2.12. The lowest BCUT2D eigenvalue weighted by atomic mass is 10.0. The first kappa shape index (κ1) is 10.6. The average molecular weight is 194 g/mol. The summed E-state index contributed by atoms with van der Waals surface area (Å²) in [6.45, 7) is 3.80. The monoisotopic (exact) mass is 194 g/mol. The molecular formula is C11H14O3. The SMILES string of the molecule is COC(=O)c1ccc(OC)c(C)c1C. The van der Waals surface area contributed by atoms with Gasteiger partial charge in [0.15, 0.2) is 0 Å². The zero-order chi connectivity index (χ0) is 10.7. The smallest absolute Gasteiger partial charge is 0.338 e. The summed E-state index contributed by atoms with van der Waals surface area (Å²) in [5, 5.41) is 0. The lowest BCUT2D eigenvalue weighted by Crippen LogP contribution is -2.05. The van der Waals surface area contributed by atoms with E-state index in [1.165, 1.54) is 7.11 Å². The topological polar surface area (TPSA) is 35.5 Å². The average Bonchev–Trinajstić information content (AvgIpc) is 2.21. The number of ether oxygens (including phenoxy) is 2. The molecule has 0 atom stereocenters. The largest absolute Gasteiger partial charge is 0.496 e. The van der Waals surface area contributed by atoms with Crippen LogP contribution in [0.1, 0.15) is 21.5 Å². The number of carbonyl (C=O) groups excluding carboxylic acids is 1. The quantitative estimate of drug-likeness (QED) is 0.676. The number of esters is 1. The second kappa shape index (κ2) is 4.13. The lowest BCUT2D eigenvalue weighted by Gasteiger charge is -2.10. The molecule has 0 aliphatic rings. The van der Waals surface area contributed by atoms with E-state index in [9.17, 15) is 4.79 Å². The highest BCUT2D eigenvalue weighted by molar-refractivity contribution is 5.91. The highest BCUT2D eigenvalue weighted by atomic mass is 16.5. The number of benzene rings is 1. The third kappa shape index (κ3) is 1.71. The van der Waals surface area contributed by atoms with Crippen molar-refractivity contribution in [3.05, 3.63) is 28.8 Å².